The highest BCUT2D eigenvalue weighted by atomic mass is 16.5. The molecule has 2 aromatic carbocycles. The van der Waals surface area contributed by atoms with Gasteiger partial charge in [-0.25, -0.2) is 4.79 Å². The predicted molar refractivity (Wildman–Crippen MR) is 99.1 cm³/mol. The molecule has 4 heteroatoms. The average Bonchev–Trinajstić information content (AvgIpc) is 3.30. The summed E-state index contributed by atoms with van der Waals surface area (Å²) in [5.41, 5.74) is 3.30. The van der Waals surface area contributed by atoms with E-state index in [-0.39, 0.29) is 6.03 Å². The number of para-hydroxylation sites is 2. The molecule has 1 N–H and O–H groups in total. The van der Waals surface area contributed by atoms with Crippen LogP contribution in [0.4, 0.5) is 10.5 Å². The average molecular weight is 336 g/mol. The highest BCUT2D eigenvalue weighted by molar-refractivity contribution is 5.94. The maximum atomic E-state index is 12.6. The number of amides is 2. The van der Waals surface area contributed by atoms with E-state index in [1.807, 2.05) is 47.4 Å². The van der Waals surface area contributed by atoms with Gasteiger partial charge in [0.1, 0.15) is 5.75 Å². The molecule has 25 heavy (non-hydrogen) atoms. The van der Waals surface area contributed by atoms with Gasteiger partial charge < -0.3 is 10.1 Å². The van der Waals surface area contributed by atoms with Gasteiger partial charge in [-0.3, -0.25) is 4.90 Å². The van der Waals surface area contributed by atoms with Crippen LogP contribution in [0.1, 0.15) is 36.8 Å². The van der Waals surface area contributed by atoms with E-state index >= 15 is 0 Å². The van der Waals surface area contributed by atoms with Gasteiger partial charge >= 0.3 is 6.03 Å². The van der Waals surface area contributed by atoms with Crippen molar-refractivity contribution in [3.63, 3.8) is 0 Å². The van der Waals surface area contributed by atoms with Crippen LogP contribution in [0.3, 0.4) is 0 Å². The minimum absolute atomic E-state index is 0.0411. The summed E-state index contributed by atoms with van der Waals surface area (Å²) in [5.74, 6) is 0.900. The number of hydrogen-bond donors (Lipinski definition) is 1. The van der Waals surface area contributed by atoms with Crippen molar-refractivity contribution in [1.82, 2.24) is 5.32 Å². The third kappa shape index (κ3) is 3.48. The SMILES string of the molecule is O=C(NCc1ccccc1OC1CCCC1)N1CCc2ccccc21. The Morgan fingerprint density at radius 2 is 1.84 bits per heavy atom. The van der Waals surface area contributed by atoms with Crippen LogP contribution in [-0.4, -0.2) is 18.7 Å². The summed E-state index contributed by atoms with van der Waals surface area (Å²) in [5, 5.41) is 3.05. The number of nitrogens with one attached hydrogen (secondary N) is 1. The van der Waals surface area contributed by atoms with Crippen molar-refractivity contribution >= 4 is 11.7 Å². The highest BCUT2D eigenvalue weighted by Gasteiger charge is 2.24. The zero-order chi connectivity index (χ0) is 17.1. The monoisotopic (exact) mass is 336 g/mol. The summed E-state index contributed by atoms with van der Waals surface area (Å²) in [6, 6.07) is 16.1. The summed E-state index contributed by atoms with van der Waals surface area (Å²) in [4.78, 5) is 14.4. The number of fused-ring (bicyclic) bond motifs is 1. The molecule has 2 aromatic rings. The molecule has 0 atom stereocenters. The van der Waals surface area contributed by atoms with Gasteiger partial charge in [-0.15, -0.1) is 0 Å². The zero-order valence-corrected chi connectivity index (χ0v) is 14.4. The lowest BCUT2D eigenvalue weighted by Gasteiger charge is -2.20. The van der Waals surface area contributed by atoms with Crippen LogP contribution < -0.4 is 15.0 Å². The van der Waals surface area contributed by atoms with Gasteiger partial charge in [0, 0.05) is 24.3 Å². The molecule has 1 heterocycles. The topological polar surface area (TPSA) is 41.6 Å². The lowest BCUT2D eigenvalue weighted by atomic mass is 10.2. The first-order valence-electron chi connectivity index (χ1n) is 9.19. The summed E-state index contributed by atoms with van der Waals surface area (Å²) >= 11 is 0. The fourth-order valence-electron chi connectivity index (χ4n) is 3.77. The van der Waals surface area contributed by atoms with Crippen LogP contribution in [0.2, 0.25) is 0 Å². The Morgan fingerprint density at radius 3 is 2.72 bits per heavy atom. The minimum Gasteiger partial charge on any atom is -0.490 e. The van der Waals surface area contributed by atoms with E-state index in [1.165, 1.54) is 18.4 Å². The van der Waals surface area contributed by atoms with Crippen LogP contribution >= 0.6 is 0 Å². The normalized spacial score (nSPS) is 16.7. The third-order valence-corrected chi connectivity index (χ3v) is 5.13. The van der Waals surface area contributed by atoms with Crippen molar-refractivity contribution in [3.8, 4) is 5.75 Å². The highest BCUT2D eigenvalue weighted by Crippen LogP contribution is 2.28. The quantitative estimate of drug-likeness (QED) is 0.905. The van der Waals surface area contributed by atoms with Crippen LogP contribution in [0.25, 0.3) is 0 Å². The second-order valence-electron chi connectivity index (χ2n) is 6.82. The molecule has 0 unspecified atom stereocenters. The molecule has 0 radical (unpaired) electrons. The van der Waals surface area contributed by atoms with Crippen molar-refractivity contribution in [2.45, 2.75) is 44.8 Å². The third-order valence-electron chi connectivity index (χ3n) is 5.13. The first-order valence-corrected chi connectivity index (χ1v) is 9.19. The molecule has 0 aromatic heterocycles. The van der Waals surface area contributed by atoms with E-state index in [1.54, 1.807) is 0 Å². The summed E-state index contributed by atoms with van der Waals surface area (Å²) < 4.78 is 6.16. The molecule has 1 fully saturated rings. The van der Waals surface area contributed by atoms with Crippen molar-refractivity contribution in [3.05, 3.63) is 59.7 Å². The van der Waals surface area contributed by atoms with Crippen molar-refractivity contribution in [2.24, 2.45) is 0 Å². The Morgan fingerprint density at radius 1 is 1.08 bits per heavy atom. The molecule has 2 amide bonds. The van der Waals surface area contributed by atoms with Gasteiger partial charge in [0.15, 0.2) is 0 Å². The molecular formula is C21H24N2O2. The summed E-state index contributed by atoms with van der Waals surface area (Å²) in [7, 11) is 0. The van der Waals surface area contributed by atoms with E-state index in [0.717, 1.165) is 42.8 Å². The maximum absolute atomic E-state index is 12.6. The number of carbonyl (C=O) groups excluding carboxylic acids is 1. The summed E-state index contributed by atoms with van der Waals surface area (Å²) in [6.07, 6.45) is 6.00. The number of hydrogen-bond acceptors (Lipinski definition) is 2. The minimum atomic E-state index is -0.0411. The molecule has 0 spiro atoms. The Kier molecular flexibility index (Phi) is 4.59. The lowest BCUT2D eigenvalue weighted by molar-refractivity contribution is 0.207. The Hall–Kier alpha value is -2.49. The van der Waals surface area contributed by atoms with E-state index in [4.69, 9.17) is 4.74 Å². The number of urea groups is 1. The van der Waals surface area contributed by atoms with Crippen molar-refractivity contribution < 1.29 is 9.53 Å². The van der Waals surface area contributed by atoms with Gasteiger partial charge in [-0.1, -0.05) is 36.4 Å². The van der Waals surface area contributed by atoms with Crippen molar-refractivity contribution in [2.75, 3.05) is 11.4 Å². The van der Waals surface area contributed by atoms with E-state index < -0.39 is 0 Å². The van der Waals surface area contributed by atoms with E-state index in [9.17, 15) is 4.79 Å². The molecule has 1 aliphatic carbocycles. The number of benzene rings is 2. The van der Waals surface area contributed by atoms with E-state index in [0.29, 0.717) is 12.6 Å². The molecule has 2 aliphatic rings. The number of rotatable bonds is 4. The zero-order valence-electron chi connectivity index (χ0n) is 14.4. The fourth-order valence-corrected chi connectivity index (χ4v) is 3.77. The van der Waals surface area contributed by atoms with Crippen LogP contribution in [-0.2, 0) is 13.0 Å². The van der Waals surface area contributed by atoms with Gasteiger partial charge in [-0.05, 0) is 49.8 Å². The largest absolute Gasteiger partial charge is 0.490 e. The van der Waals surface area contributed by atoms with Crippen molar-refractivity contribution in [1.29, 1.82) is 0 Å². The lowest BCUT2D eigenvalue weighted by Crippen LogP contribution is -2.38. The second kappa shape index (κ2) is 7.18. The number of nitrogens with zero attached hydrogens (tertiary/aromatic N) is 1. The standard InChI is InChI=1S/C21H24N2O2/c24-21(23-14-13-16-7-1-5-11-19(16)23)22-15-17-8-2-6-12-20(17)25-18-9-3-4-10-18/h1-2,5-8,11-12,18H,3-4,9-10,13-15H2,(H,22,24). The summed E-state index contributed by atoms with van der Waals surface area (Å²) in [6.45, 7) is 1.23. The first-order chi connectivity index (χ1) is 12.3. The number of ether oxygens (including phenoxy) is 1. The number of anilines is 1. The fraction of sp³-hybridized carbons (Fsp3) is 0.381. The molecule has 0 saturated heterocycles. The Bertz CT molecular complexity index is 753. The second-order valence-corrected chi connectivity index (χ2v) is 6.82. The molecule has 4 nitrogen and oxygen atoms in total. The molecule has 1 saturated carbocycles. The van der Waals surface area contributed by atoms with Gasteiger partial charge in [0.2, 0.25) is 0 Å². The number of carbonyl (C=O) groups is 1. The Balaban J connectivity index is 1.41. The van der Waals surface area contributed by atoms with Crippen LogP contribution in [0.5, 0.6) is 5.75 Å². The smallest absolute Gasteiger partial charge is 0.322 e. The van der Waals surface area contributed by atoms with Crippen LogP contribution in [0, 0.1) is 0 Å². The maximum Gasteiger partial charge on any atom is 0.322 e. The molecule has 4 rings (SSSR count). The van der Waals surface area contributed by atoms with E-state index in [2.05, 4.69) is 11.4 Å². The predicted octanol–water partition coefficient (Wildman–Crippen LogP) is 4.28. The van der Waals surface area contributed by atoms with Gasteiger partial charge in [-0.2, -0.15) is 0 Å². The first kappa shape index (κ1) is 16.0. The molecule has 0 bridgehead atoms. The van der Waals surface area contributed by atoms with Gasteiger partial charge in [0.05, 0.1) is 6.10 Å². The van der Waals surface area contributed by atoms with Crippen LogP contribution in [0.15, 0.2) is 48.5 Å². The Labute approximate surface area is 148 Å². The van der Waals surface area contributed by atoms with Gasteiger partial charge in [0.25, 0.3) is 0 Å². The molecule has 1 aliphatic heterocycles. The molecule has 130 valence electrons. The molecular weight excluding hydrogens is 312 g/mol.